The van der Waals surface area contributed by atoms with Crippen molar-refractivity contribution in [3.05, 3.63) is 22.2 Å². The van der Waals surface area contributed by atoms with Gasteiger partial charge in [-0.2, -0.15) is 0 Å². The van der Waals surface area contributed by atoms with E-state index in [1.165, 1.54) is 6.07 Å². The maximum absolute atomic E-state index is 11.6. The number of hydrogen-bond donors (Lipinski definition) is 2. The lowest BCUT2D eigenvalue weighted by Gasteiger charge is -2.24. The molecular formula is C12H17N3O2. The fourth-order valence-corrected chi connectivity index (χ4v) is 2.17. The van der Waals surface area contributed by atoms with E-state index in [2.05, 4.69) is 22.2 Å². The standard InChI is InChI=1S/C12H17N3O2/c1-12(4-5-17-7-12)15-9-6-10(16)14-11(13-9)8-2-3-8/h6,8H,2-5,7H2,1H3,(H2,13,14,15,16). The van der Waals surface area contributed by atoms with Crippen molar-refractivity contribution in [3.63, 3.8) is 0 Å². The Balaban J connectivity index is 1.84. The molecule has 0 spiro atoms. The van der Waals surface area contributed by atoms with Crippen LogP contribution in [-0.2, 0) is 4.74 Å². The maximum atomic E-state index is 11.6. The fourth-order valence-electron chi connectivity index (χ4n) is 2.17. The molecule has 3 rings (SSSR count). The van der Waals surface area contributed by atoms with Crippen LogP contribution in [0.2, 0.25) is 0 Å². The summed E-state index contributed by atoms with van der Waals surface area (Å²) in [6.07, 6.45) is 3.21. The molecule has 2 heterocycles. The van der Waals surface area contributed by atoms with Crippen LogP contribution in [-0.4, -0.2) is 28.7 Å². The zero-order chi connectivity index (χ0) is 11.9. The van der Waals surface area contributed by atoms with Crippen LogP contribution in [0, 0.1) is 0 Å². The molecule has 92 valence electrons. The van der Waals surface area contributed by atoms with Gasteiger partial charge in [0.1, 0.15) is 11.6 Å². The van der Waals surface area contributed by atoms with Crippen LogP contribution in [0.15, 0.2) is 10.9 Å². The minimum absolute atomic E-state index is 0.0769. The van der Waals surface area contributed by atoms with Crippen molar-refractivity contribution in [2.45, 2.75) is 37.6 Å². The molecule has 17 heavy (non-hydrogen) atoms. The molecule has 2 aliphatic rings. The fraction of sp³-hybridized carbons (Fsp3) is 0.667. The van der Waals surface area contributed by atoms with Crippen LogP contribution in [0.5, 0.6) is 0 Å². The summed E-state index contributed by atoms with van der Waals surface area (Å²) in [5.74, 6) is 1.95. The van der Waals surface area contributed by atoms with E-state index < -0.39 is 0 Å². The molecule has 1 unspecified atom stereocenters. The lowest BCUT2D eigenvalue weighted by atomic mass is 10.0. The lowest BCUT2D eigenvalue weighted by molar-refractivity contribution is 0.185. The smallest absolute Gasteiger partial charge is 0.252 e. The number of aromatic amines is 1. The van der Waals surface area contributed by atoms with Gasteiger partial charge in [-0.15, -0.1) is 0 Å². The Morgan fingerprint density at radius 3 is 3.06 bits per heavy atom. The van der Waals surface area contributed by atoms with E-state index in [0.29, 0.717) is 18.3 Å². The van der Waals surface area contributed by atoms with E-state index in [1.807, 2.05) is 0 Å². The van der Waals surface area contributed by atoms with Gasteiger partial charge in [0.25, 0.3) is 5.56 Å². The van der Waals surface area contributed by atoms with Gasteiger partial charge in [0.05, 0.1) is 12.1 Å². The highest BCUT2D eigenvalue weighted by molar-refractivity contribution is 5.37. The van der Waals surface area contributed by atoms with E-state index in [4.69, 9.17) is 4.74 Å². The zero-order valence-corrected chi connectivity index (χ0v) is 9.95. The van der Waals surface area contributed by atoms with Gasteiger partial charge in [-0.05, 0) is 26.2 Å². The Morgan fingerprint density at radius 2 is 2.41 bits per heavy atom. The molecule has 1 atom stereocenters. The number of aromatic nitrogens is 2. The first kappa shape index (κ1) is 10.8. The summed E-state index contributed by atoms with van der Waals surface area (Å²) in [5.41, 5.74) is -0.173. The van der Waals surface area contributed by atoms with Crippen molar-refractivity contribution in [1.29, 1.82) is 0 Å². The number of nitrogens with one attached hydrogen (secondary N) is 2. The molecule has 1 aliphatic heterocycles. The number of anilines is 1. The lowest BCUT2D eigenvalue weighted by Crippen LogP contribution is -2.36. The van der Waals surface area contributed by atoms with Crippen LogP contribution in [0.25, 0.3) is 0 Å². The Bertz CT molecular complexity index is 473. The Morgan fingerprint density at radius 1 is 1.59 bits per heavy atom. The highest BCUT2D eigenvalue weighted by Crippen LogP contribution is 2.37. The van der Waals surface area contributed by atoms with E-state index in [1.54, 1.807) is 0 Å². The van der Waals surface area contributed by atoms with Crippen LogP contribution >= 0.6 is 0 Å². The molecule has 0 aromatic carbocycles. The first-order valence-corrected chi connectivity index (χ1v) is 6.12. The van der Waals surface area contributed by atoms with E-state index in [-0.39, 0.29) is 11.1 Å². The summed E-state index contributed by atoms with van der Waals surface area (Å²) in [7, 11) is 0. The third kappa shape index (κ3) is 2.34. The highest BCUT2D eigenvalue weighted by Gasteiger charge is 2.31. The van der Waals surface area contributed by atoms with Crippen molar-refractivity contribution in [1.82, 2.24) is 9.97 Å². The first-order valence-electron chi connectivity index (χ1n) is 6.12. The van der Waals surface area contributed by atoms with Crippen LogP contribution in [0.3, 0.4) is 0 Å². The minimum atomic E-state index is -0.0956. The number of rotatable bonds is 3. The molecule has 1 aromatic heterocycles. The average Bonchev–Trinajstić information content (AvgIpc) is 3.02. The van der Waals surface area contributed by atoms with Crippen molar-refractivity contribution in [2.75, 3.05) is 18.5 Å². The zero-order valence-electron chi connectivity index (χ0n) is 9.95. The third-order valence-corrected chi connectivity index (χ3v) is 3.37. The SMILES string of the molecule is CC1(Nc2cc(=O)[nH]c(C3CC3)n2)CCOC1. The minimum Gasteiger partial charge on any atom is -0.379 e. The molecule has 0 amide bonds. The second-order valence-electron chi connectivity index (χ2n) is 5.28. The second-order valence-corrected chi connectivity index (χ2v) is 5.28. The molecule has 1 aromatic rings. The summed E-state index contributed by atoms with van der Waals surface area (Å²) in [6.45, 7) is 3.53. The number of ether oxygens (including phenoxy) is 1. The average molecular weight is 235 g/mol. The summed E-state index contributed by atoms with van der Waals surface area (Å²) >= 11 is 0. The topological polar surface area (TPSA) is 67.0 Å². The summed E-state index contributed by atoms with van der Waals surface area (Å²) in [5, 5.41) is 3.32. The molecular weight excluding hydrogens is 218 g/mol. The third-order valence-electron chi connectivity index (χ3n) is 3.37. The van der Waals surface area contributed by atoms with Crippen LogP contribution < -0.4 is 10.9 Å². The van der Waals surface area contributed by atoms with Gasteiger partial charge in [0, 0.05) is 18.6 Å². The first-order chi connectivity index (χ1) is 8.15. The van der Waals surface area contributed by atoms with Gasteiger partial charge in [-0.25, -0.2) is 4.98 Å². The molecule has 0 radical (unpaired) electrons. The number of nitrogens with zero attached hydrogens (tertiary/aromatic N) is 1. The normalized spacial score (nSPS) is 28.3. The molecule has 2 fully saturated rings. The van der Waals surface area contributed by atoms with Crippen LogP contribution in [0.1, 0.15) is 37.9 Å². The molecule has 1 saturated heterocycles. The van der Waals surface area contributed by atoms with Gasteiger partial charge in [0.2, 0.25) is 0 Å². The van der Waals surface area contributed by atoms with Crippen LogP contribution in [0.4, 0.5) is 5.82 Å². The number of hydrogen-bond acceptors (Lipinski definition) is 4. The van der Waals surface area contributed by atoms with Gasteiger partial charge in [-0.3, -0.25) is 4.79 Å². The summed E-state index contributed by atoms with van der Waals surface area (Å²) in [6, 6.07) is 1.52. The predicted octanol–water partition coefficient (Wildman–Crippen LogP) is 1.24. The molecule has 2 N–H and O–H groups in total. The van der Waals surface area contributed by atoms with Gasteiger partial charge in [0.15, 0.2) is 0 Å². The quantitative estimate of drug-likeness (QED) is 0.827. The summed E-state index contributed by atoms with van der Waals surface area (Å²) in [4.78, 5) is 18.8. The van der Waals surface area contributed by atoms with Crippen molar-refractivity contribution < 1.29 is 4.74 Å². The Labute approximate surface area is 99.6 Å². The molecule has 0 bridgehead atoms. The maximum Gasteiger partial charge on any atom is 0.252 e. The largest absolute Gasteiger partial charge is 0.379 e. The van der Waals surface area contributed by atoms with E-state index in [9.17, 15) is 4.79 Å². The molecule has 5 nitrogen and oxygen atoms in total. The van der Waals surface area contributed by atoms with Crippen molar-refractivity contribution >= 4 is 5.82 Å². The molecule has 5 heteroatoms. The molecule has 1 aliphatic carbocycles. The van der Waals surface area contributed by atoms with Crippen molar-refractivity contribution in [3.8, 4) is 0 Å². The predicted molar refractivity (Wildman–Crippen MR) is 64.3 cm³/mol. The number of H-pyrrole nitrogens is 1. The van der Waals surface area contributed by atoms with E-state index in [0.717, 1.165) is 31.7 Å². The second kappa shape index (κ2) is 3.84. The van der Waals surface area contributed by atoms with Gasteiger partial charge < -0.3 is 15.0 Å². The highest BCUT2D eigenvalue weighted by atomic mass is 16.5. The monoisotopic (exact) mass is 235 g/mol. The van der Waals surface area contributed by atoms with Gasteiger partial charge >= 0.3 is 0 Å². The summed E-state index contributed by atoms with van der Waals surface area (Å²) < 4.78 is 5.38. The van der Waals surface area contributed by atoms with E-state index >= 15 is 0 Å². The van der Waals surface area contributed by atoms with Gasteiger partial charge in [-0.1, -0.05) is 0 Å². The Kier molecular flexibility index (Phi) is 2.43. The molecule has 1 saturated carbocycles. The Hall–Kier alpha value is -1.36. The van der Waals surface area contributed by atoms with Crippen molar-refractivity contribution in [2.24, 2.45) is 0 Å².